The van der Waals surface area contributed by atoms with E-state index >= 15 is 0 Å². The first-order valence-corrected chi connectivity index (χ1v) is 8.38. The van der Waals surface area contributed by atoms with Gasteiger partial charge < -0.3 is 15.1 Å². The maximum Gasteiger partial charge on any atom is 0.317 e. The molecule has 1 aliphatic rings. The molecular formula is C15H16N6OS. The molecule has 23 heavy (non-hydrogen) atoms. The third kappa shape index (κ3) is 2.72. The summed E-state index contributed by atoms with van der Waals surface area (Å²) in [4.78, 5) is 19.9. The van der Waals surface area contributed by atoms with Crippen LogP contribution in [-0.2, 0) is 0 Å². The van der Waals surface area contributed by atoms with Crippen molar-refractivity contribution in [3.63, 3.8) is 0 Å². The topological polar surface area (TPSA) is 65.8 Å². The van der Waals surface area contributed by atoms with Crippen LogP contribution in [0.4, 0.5) is 16.3 Å². The molecule has 0 bridgehead atoms. The lowest BCUT2D eigenvalue weighted by Crippen LogP contribution is -2.35. The van der Waals surface area contributed by atoms with Gasteiger partial charge in [0.1, 0.15) is 0 Å². The van der Waals surface area contributed by atoms with E-state index < -0.39 is 0 Å². The van der Waals surface area contributed by atoms with Gasteiger partial charge in [-0.05, 0) is 23.6 Å². The smallest absolute Gasteiger partial charge is 0.317 e. The number of anilines is 2. The Kier molecular flexibility index (Phi) is 3.58. The number of imidazole rings is 1. The summed E-state index contributed by atoms with van der Waals surface area (Å²) in [7, 11) is 0. The summed E-state index contributed by atoms with van der Waals surface area (Å²) in [6.45, 7) is 2.82. The Bertz CT molecular complexity index is 814. The van der Waals surface area contributed by atoms with Gasteiger partial charge in [0.05, 0.1) is 5.69 Å². The number of nitrogens with one attached hydrogen (secondary N) is 1. The summed E-state index contributed by atoms with van der Waals surface area (Å²) in [5, 5.41) is 11.6. The highest BCUT2D eigenvalue weighted by molar-refractivity contribution is 7.08. The molecule has 4 heterocycles. The molecular weight excluding hydrogens is 312 g/mol. The van der Waals surface area contributed by atoms with E-state index in [9.17, 15) is 4.79 Å². The molecule has 0 saturated carbocycles. The maximum absolute atomic E-state index is 11.7. The molecule has 1 fully saturated rings. The van der Waals surface area contributed by atoms with Crippen LogP contribution in [-0.4, -0.2) is 51.7 Å². The number of nitrogens with zero attached hydrogens (tertiary/aromatic N) is 5. The van der Waals surface area contributed by atoms with Crippen molar-refractivity contribution in [2.45, 2.75) is 0 Å². The molecule has 1 aliphatic heterocycles. The number of urea groups is 1. The second-order valence-electron chi connectivity index (χ2n) is 5.27. The zero-order chi connectivity index (χ0) is 15.6. The highest BCUT2D eigenvalue weighted by Crippen LogP contribution is 2.25. The average molecular weight is 328 g/mol. The average Bonchev–Trinajstić information content (AvgIpc) is 3.29. The van der Waals surface area contributed by atoms with Crippen LogP contribution in [0.15, 0.2) is 41.4 Å². The van der Waals surface area contributed by atoms with Gasteiger partial charge in [-0.25, -0.2) is 14.3 Å². The van der Waals surface area contributed by atoms with Crippen LogP contribution in [0.25, 0.3) is 5.65 Å². The number of thiophene rings is 1. The Hall–Kier alpha value is -2.61. The minimum absolute atomic E-state index is 0.00768. The third-order valence-electron chi connectivity index (χ3n) is 3.87. The Morgan fingerprint density at radius 2 is 2.30 bits per heavy atom. The van der Waals surface area contributed by atoms with E-state index in [-0.39, 0.29) is 6.03 Å². The number of amides is 2. The molecule has 3 aromatic rings. The third-order valence-corrected chi connectivity index (χ3v) is 4.54. The predicted molar refractivity (Wildman–Crippen MR) is 89.3 cm³/mol. The van der Waals surface area contributed by atoms with Gasteiger partial charge in [-0.1, -0.05) is 0 Å². The van der Waals surface area contributed by atoms with E-state index in [4.69, 9.17) is 0 Å². The molecule has 0 spiro atoms. The molecule has 3 aromatic heterocycles. The lowest BCUT2D eigenvalue weighted by Gasteiger charge is -2.25. The predicted octanol–water partition coefficient (Wildman–Crippen LogP) is 1.95. The van der Waals surface area contributed by atoms with Gasteiger partial charge >= 0.3 is 6.03 Å². The van der Waals surface area contributed by atoms with Gasteiger partial charge in [0, 0.05) is 44.0 Å². The molecule has 7 nitrogen and oxygen atoms in total. The SMILES string of the molecule is O=C1NCCN1CCN(c1ccsc1)c1ccc2nccn2n1. The van der Waals surface area contributed by atoms with Gasteiger partial charge in [0.25, 0.3) is 0 Å². The van der Waals surface area contributed by atoms with Crippen molar-refractivity contribution >= 4 is 34.5 Å². The molecule has 0 aliphatic carbocycles. The van der Waals surface area contributed by atoms with Gasteiger partial charge in [-0.3, -0.25) is 0 Å². The van der Waals surface area contributed by atoms with E-state index in [0.29, 0.717) is 13.1 Å². The minimum atomic E-state index is 0.00768. The molecule has 0 atom stereocenters. The molecule has 1 N–H and O–H groups in total. The van der Waals surface area contributed by atoms with Crippen LogP contribution in [0.3, 0.4) is 0 Å². The van der Waals surface area contributed by atoms with Crippen LogP contribution in [0.1, 0.15) is 0 Å². The number of hydrogen-bond acceptors (Lipinski definition) is 5. The zero-order valence-corrected chi connectivity index (χ0v) is 13.2. The molecule has 0 aromatic carbocycles. The molecule has 4 rings (SSSR count). The van der Waals surface area contributed by atoms with E-state index in [0.717, 1.165) is 30.2 Å². The molecule has 8 heteroatoms. The van der Waals surface area contributed by atoms with E-state index in [2.05, 4.69) is 31.7 Å². The van der Waals surface area contributed by atoms with Crippen molar-refractivity contribution in [3.8, 4) is 0 Å². The first kappa shape index (κ1) is 14.0. The van der Waals surface area contributed by atoms with Crippen molar-refractivity contribution in [1.29, 1.82) is 0 Å². The van der Waals surface area contributed by atoms with Crippen LogP contribution in [0.2, 0.25) is 0 Å². The molecule has 0 radical (unpaired) electrons. The fourth-order valence-electron chi connectivity index (χ4n) is 2.68. The lowest BCUT2D eigenvalue weighted by molar-refractivity contribution is 0.218. The van der Waals surface area contributed by atoms with Crippen molar-refractivity contribution in [2.24, 2.45) is 0 Å². The number of hydrogen-bond donors (Lipinski definition) is 1. The Balaban J connectivity index is 1.61. The number of rotatable bonds is 5. The number of carbonyl (C=O) groups excluding carboxylic acids is 1. The Labute approximate surface area is 137 Å². The standard InChI is InChI=1S/C15H16N6OS/c22-15-17-4-6-19(15)8-9-20(12-3-10-23-11-12)14-2-1-13-16-5-7-21(13)18-14/h1-3,5,7,10-11H,4,6,8-9H2,(H,17,22). The Morgan fingerprint density at radius 1 is 1.35 bits per heavy atom. The second kappa shape index (κ2) is 5.88. The van der Waals surface area contributed by atoms with Crippen molar-refractivity contribution in [2.75, 3.05) is 31.1 Å². The van der Waals surface area contributed by atoms with E-state index in [1.807, 2.05) is 28.6 Å². The summed E-state index contributed by atoms with van der Waals surface area (Å²) < 4.78 is 1.76. The summed E-state index contributed by atoms with van der Waals surface area (Å²) >= 11 is 1.65. The van der Waals surface area contributed by atoms with Gasteiger partial charge in [-0.15, -0.1) is 5.10 Å². The first-order valence-electron chi connectivity index (χ1n) is 7.44. The largest absolute Gasteiger partial charge is 0.336 e. The molecule has 0 unspecified atom stereocenters. The summed E-state index contributed by atoms with van der Waals surface area (Å²) in [6, 6.07) is 5.98. The second-order valence-corrected chi connectivity index (χ2v) is 6.05. The number of aromatic nitrogens is 3. The van der Waals surface area contributed by atoms with Crippen LogP contribution < -0.4 is 10.2 Å². The van der Waals surface area contributed by atoms with Gasteiger partial charge in [0.2, 0.25) is 0 Å². The first-order chi connectivity index (χ1) is 11.3. The summed E-state index contributed by atoms with van der Waals surface area (Å²) in [5.74, 6) is 0.841. The van der Waals surface area contributed by atoms with Gasteiger partial charge in [0.15, 0.2) is 11.5 Å². The highest BCUT2D eigenvalue weighted by atomic mass is 32.1. The normalized spacial score (nSPS) is 14.4. The molecule has 118 valence electrons. The maximum atomic E-state index is 11.7. The monoisotopic (exact) mass is 328 g/mol. The number of carbonyl (C=O) groups is 1. The summed E-state index contributed by atoms with van der Waals surface area (Å²) in [5.41, 5.74) is 1.90. The summed E-state index contributed by atoms with van der Waals surface area (Å²) in [6.07, 6.45) is 3.56. The fourth-order valence-corrected chi connectivity index (χ4v) is 3.32. The van der Waals surface area contributed by atoms with Crippen molar-refractivity contribution in [3.05, 3.63) is 41.4 Å². The van der Waals surface area contributed by atoms with Crippen molar-refractivity contribution < 1.29 is 4.79 Å². The van der Waals surface area contributed by atoms with Crippen LogP contribution in [0, 0.1) is 0 Å². The van der Waals surface area contributed by atoms with Crippen LogP contribution >= 0.6 is 11.3 Å². The van der Waals surface area contributed by atoms with E-state index in [1.54, 1.807) is 22.0 Å². The quantitative estimate of drug-likeness (QED) is 0.777. The molecule has 2 amide bonds. The van der Waals surface area contributed by atoms with Crippen LogP contribution in [0.5, 0.6) is 0 Å². The number of fused-ring (bicyclic) bond motifs is 1. The highest BCUT2D eigenvalue weighted by Gasteiger charge is 2.21. The zero-order valence-electron chi connectivity index (χ0n) is 12.4. The van der Waals surface area contributed by atoms with Gasteiger partial charge in [-0.2, -0.15) is 11.3 Å². The van der Waals surface area contributed by atoms with Crippen molar-refractivity contribution in [1.82, 2.24) is 24.8 Å². The van der Waals surface area contributed by atoms with E-state index in [1.165, 1.54) is 0 Å². The minimum Gasteiger partial charge on any atom is -0.336 e. The fraction of sp³-hybridized carbons (Fsp3) is 0.267. The lowest BCUT2D eigenvalue weighted by atomic mass is 10.3. The molecule has 1 saturated heterocycles. The Morgan fingerprint density at radius 3 is 3.09 bits per heavy atom.